The summed E-state index contributed by atoms with van der Waals surface area (Å²) in [5.74, 6) is 1.60. The van der Waals surface area contributed by atoms with Crippen molar-refractivity contribution >= 4 is 11.7 Å². The average molecular weight is 487 g/mol. The third-order valence-electron chi connectivity index (χ3n) is 13.1. The number of hydrogen-bond donors (Lipinski definition) is 2. The van der Waals surface area contributed by atoms with Crippen molar-refractivity contribution < 1.29 is 14.7 Å². The van der Waals surface area contributed by atoms with Gasteiger partial charge in [-0.2, -0.15) is 0 Å². The first-order valence-electron chi connectivity index (χ1n) is 14.3. The zero-order valence-electron chi connectivity index (χ0n) is 23.7. The van der Waals surface area contributed by atoms with Gasteiger partial charge in [0.1, 0.15) is 5.78 Å². The van der Waals surface area contributed by atoms with Crippen LogP contribution in [0.1, 0.15) is 93.4 Å². The Kier molecular flexibility index (Phi) is 5.55. The highest BCUT2D eigenvalue weighted by Crippen LogP contribution is 2.87. The molecule has 2 spiro atoms. The van der Waals surface area contributed by atoms with Gasteiger partial charge in [0.05, 0.1) is 6.10 Å². The molecular weight excluding hydrogens is 436 g/mol. The number of carbonyl (C=O) groups is 2. The number of nitrogens with zero attached hydrogens (tertiary/aromatic N) is 1. The molecule has 0 aliphatic heterocycles. The Bertz CT molecular complexity index is 929. The standard InChI is InChI=1S/C30H50N2O3/c1-17(2)25(35)31-22-12-13-29-16-30(29)21(11-10-20(29)26(22,4)5)27(6)14-19(33)24(18(3)32(8)9)28(27,7)15-23(30)34/h17-22,24,33H,10-16H2,1-9H3,(H,31,35)/t18?,19-,20?,21?,22+,24?,27+,28-,29?,30?/m1/s1. The quantitative estimate of drug-likeness (QED) is 0.606. The van der Waals surface area contributed by atoms with Gasteiger partial charge in [-0.05, 0) is 93.0 Å². The first-order chi connectivity index (χ1) is 16.1. The Labute approximate surface area is 213 Å². The maximum absolute atomic E-state index is 14.4. The average Bonchev–Trinajstić information content (AvgIpc) is 3.38. The van der Waals surface area contributed by atoms with Crippen molar-refractivity contribution in [3.8, 4) is 0 Å². The van der Waals surface area contributed by atoms with Crippen LogP contribution in [0.5, 0.6) is 0 Å². The summed E-state index contributed by atoms with van der Waals surface area (Å²) in [6.07, 6.45) is 6.37. The molecule has 198 valence electrons. The first kappa shape index (κ1) is 25.7. The first-order valence-corrected chi connectivity index (χ1v) is 14.3. The lowest BCUT2D eigenvalue weighted by Crippen LogP contribution is -2.62. The molecule has 0 bridgehead atoms. The summed E-state index contributed by atoms with van der Waals surface area (Å²) in [5.41, 5.74) is -0.314. The van der Waals surface area contributed by atoms with Gasteiger partial charge in [-0.15, -0.1) is 0 Å². The van der Waals surface area contributed by atoms with Crippen LogP contribution in [0.2, 0.25) is 0 Å². The Morgan fingerprint density at radius 1 is 1.03 bits per heavy atom. The van der Waals surface area contributed by atoms with Crippen LogP contribution in [0.25, 0.3) is 0 Å². The molecule has 5 rings (SSSR count). The van der Waals surface area contributed by atoms with Gasteiger partial charge < -0.3 is 15.3 Å². The van der Waals surface area contributed by atoms with Crippen molar-refractivity contribution in [2.75, 3.05) is 14.1 Å². The van der Waals surface area contributed by atoms with Crippen LogP contribution in [0, 0.1) is 50.7 Å². The Hall–Kier alpha value is -0.940. The number of amides is 1. The lowest BCUT2D eigenvalue weighted by Gasteiger charge is -2.62. The molecule has 1 amide bonds. The van der Waals surface area contributed by atoms with Crippen LogP contribution >= 0.6 is 0 Å². The number of rotatable bonds is 4. The Balaban J connectivity index is 1.49. The number of aliphatic hydroxyl groups excluding tert-OH is 1. The van der Waals surface area contributed by atoms with E-state index in [0.717, 1.165) is 38.5 Å². The normalized spacial score (nSPS) is 50.7. The van der Waals surface area contributed by atoms with Gasteiger partial charge in [-0.25, -0.2) is 0 Å². The fraction of sp³-hybridized carbons (Fsp3) is 0.933. The Morgan fingerprint density at radius 3 is 2.26 bits per heavy atom. The summed E-state index contributed by atoms with van der Waals surface area (Å²) < 4.78 is 0. The monoisotopic (exact) mass is 486 g/mol. The largest absolute Gasteiger partial charge is 0.393 e. The van der Waals surface area contributed by atoms with E-state index in [2.05, 4.69) is 58.9 Å². The molecular formula is C30H50N2O3. The van der Waals surface area contributed by atoms with E-state index in [-0.39, 0.29) is 63.0 Å². The number of aliphatic hydroxyl groups is 1. The predicted molar refractivity (Wildman–Crippen MR) is 139 cm³/mol. The molecule has 5 saturated carbocycles. The molecule has 5 heteroatoms. The molecule has 5 aliphatic rings. The van der Waals surface area contributed by atoms with Crippen molar-refractivity contribution in [1.82, 2.24) is 10.2 Å². The predicted octanol–water partition coefficient (Wildman–Crippen LogP) is 4.67. The molecule has 5 aliphatic carbocycles. The highest BCUT2D eigenvalue weighted by atomic mass is 16.3. The second-order valence-electron chi connectivity index (χ2n) is 15.0. The second kappa shape index (κ2) is 7.56. The third kappa shape index (κ3) is 2.95. The topological polar surface area (TPSA) is 69.6 Å². The number of nitrogens with one attached hydrogen (secondary N) is 1. The summed E-state index contributed by atoms with van der Waals surface area (Å²) in [6, 6.07) is 0.419. The molecule has 2 N–H and O–H groups in total. The summed E-state index contributed by atoms with van der Waals surface area (Å²) in [6.45, 7) is 15.6. The van der Waals surface area contributed by atoms with Gasteiger partial charge in [-0.3, -0.25) is 9.59 Å². The maximum atomic E-state index is 14.4. The lowest BCUT2D eigenvalue weighted by atomic mass is 9.41. The van der Waals surface area contributed by atoms with Crippen LogP contribution in [0.3, 0.4) is 0 Å². The van der Waals surface area contributed by atoms with Crippen molar-refractivity contribution in [1.29, 1.82) is 0 Å². The van der Waals surface area contributed by atoms with E-state index in [1.165, 1.54) is 0 Å². The molecule has 35 heavy (non-hydrogen) atoms. The van der Waals surface area contributed by atoms with E-state index in [9.17, 15) is 14.7 Å². The van der Waals surface area contributed by atoms with E-state index >= 15 is 0 Å². The van der Waals surface area contributed by atoms with Gasteiger partial charge in [0.15, 0.2) is 0 Å². The molecule has 5 fully saturated rings. The van der Waals surface area contributed by atoms with E-state index in [4.69, 9.17) is 0 Å². The number of hydrogen-bond acceptors (Lipinski definition) is 4. The van der Waals surface area contributed by atoms with Gasteiger partial charge >= 0.3 is 0 Å². The number of carbonyl (C=O) groups excluding carboxylic acids is 2. The van der Waals surface area contributed by atoms with E-state index in [0.29, 0.717) is 24.0 Å². The van der Waals surface area contributed by atoms with Crippen molar-refractivity contribution in [3.63, 3.8) is 0 Å². The zero-order valence-corrected chi connectivity index (χ0v) is 23.7. The summed E-state index contributed by atoms with van der Waals surface area (Å²) >= 11 is 0. The van der Waals surface area contributed by atoms with Crippen LogP contribution in [0.4, 0.5) is 0 Å². The van der Waals surface area contributed by atoms with Gasteiger partial charge in [0.2, 0.25) is 5.91 Å². The smallest absolute Gasteiger partial charge is 0.222 e. The lowest BCUT2D eigenvalue weighted by molar-refractivity contribution is -0.170. The molecule has 0 aromatic heterocycles. The van der Waals surface area contributed by atoms with Crippen LogP contribution in [-0.4, -0.2) is 54.0 Å². The SMILES string of the molecule is CC(C)C(=O)N[C@H]1CCC23CC24C(=O)C[C@]2(C)C(C(C)N(C)C)[C@H](O)C[C@@]2(C)C4CCC3C1(C)C. The summed E-state index contributed by atoms with van der Waals surface area (Å²) in [5, 5.41) is 14.8. The fourth-order valence-corrected chi connectivity index (χ4v) is 11.0. The van der Waals surface area contributed by atoms with Gasteiger partial charge in [0, 0.05) is 35.8 Å². The van der Waals surface area contributed by atoms with Crippen LogP contribution < -0.4 is 5.32 Å². The highest BCUT2D eigenvalue weighted by Gasteiger charge is 2.86. The minimum Gasteiger partial charge on any atom is -0.393 e. The molecule has 0 aromatic rings. The zero-order chi connectivity index (χ0) is 25.9. The minimum absolute atomic E-state index is 0.00598. The highest BCUT2D eigenvalue weighted by molar-refractivity contribution is 5.92. The summed E-state index contributed by atoms with van der Waals surface area (Å²) in [7, 11) is 4.20. The minimum atomic E-state index is -0.351. The molecule has 0 heterocycles. The van der Waals surface area contributed by atoms with E-state index in [1.54, 1.807) is 0 Å². The molecule has 6 unspecified atom stereocenters. The van der Waals surface area contributed by atoms with Crippen molar-refractivity contribution in [3.05, 3.63) is 0 Å². The van der Waals surface area contributed by atoms with Crippen molar-refractivity contribution in [2.24, 2.45) is 50.7 Å². The second-order valence-corrected chi connectivity index (χ2v) is 15.0. The van der Waals surface area contributed by atoms with Crippen LogP contribution in [-0.2, 0) is 9.59 Å². The van der Waals surface area contributed by atoms with Crippen molar-refractivity contribution in [2.45, 2.75) is 112 Å². The maximum Gasteiger partial charge on any atom is 0.222 e. The van der Waals surface area contributed by atoms with E-state index in [1.807, 2.05) is 13.8 Å². The number of ketones is 1. The van der Waals surface area contributed by atoms with Crippen LogP contribution in [0.15, 0.2) is 0 Å². The molecule has 0 radical (unpaired) electrons. The van der Waals surface area contributed by atoms with Gasteiger partial charge in [-0.1, -0.05) is 41.5 Å². The molecule has 0 saturated heterocycles. The van der Waals surface area contributed by atoms with E-state index < -0.39 is 0 Å². The van der Waals surface area contributed by atoms with Gasteiger partial charge in [0.25, 0.3) is 0 Å². The molecule has 10 atom stereocenters. The fourth-order valence-electron chi connectivity index (χ4n) is 11.0. The summed E-state index contributed by atoms with van der Waals surface area (Å²) in [4.78, 5) is 29.2. The Morgan fingerprint density at radius 2 is 1.66 bits per heavy atom. The number of fused-ring (bicyclic) bond motifs is 2. The molecule has 5 nitrogen and oxygen atoms in total. The third-order valence-corrected chi connectivity index (χ3v) is 13.1. The molecule has 0 aromatic carbocycles. The number of Topliss-reactive ketones (excluding diaryl/α,β-unsaturated/α-hetero) is 1.